The summed E-state index contributed by atoms with van der Waals surface area (Å²) in [6.45, 7) is 4.66. The maximum Gasteiger partial charge on any atom is 0.164 e. The van der Waals surface area contributed by atoms with Crippen LogP contribution in [-0.2, 0) is 5.41 Å². The van der Waals surface area contributed by atoms with Crippen molar-refractivity contribution >= 4 is 43.7 Å². The third kappa shape index (κ3) is 4.39. The van der Waals surface area contributed by atoms with Gasteiger partial charge in [-0.15, -0.1) is 0 Å². The molecule has 0 radical (unpaired) electrons. The Hall–Kier alpha value is -6.92. The Labute approximate surface area is 305 Å². The lowest BCUT2D eigenvalue weighted by atomic mass is 9.82. The molecule has 6 aromatic carbocycles. The van der Waals surface area contributed by atoms with Gasteiger partial charge in [0.25, 0.3) is 0 Å². The molecule has 0 amide bonds. The summed E-state index contributed by atoms with van der Waals surface area (Å²) >= 11 is 0. The van der Waals surface area contributed by atoms with Crippen molar-refractivity contribution in [3.8, 4) is 51.0 Å². The molecule has 0 unspecified atom stereocenters. The Morgan fingerprint density at radius 3 is 1.98 bits per heavy atom. The van der Waals surface area contributed by atoms with Crippen LogP contribution in [0, 0.1) is 0 Å². The average molecular weight is 682 g/mol. The molecule has 0 aliphatic heterocycles. The highest BCUT2D eigenvalue weighted by atomic mass is 16.3. The first-order valence-electron chi connectivity index (χ1n) is 17.9. The molecule has 6 nitrogen and oxygen atoms in total. The van der Waals surface area contributed by atoms with Gasteiger partial charge >= 0.3 is 0 Å². The van der Waals surface area contributed by atoms with Crippen molar-refractivity contribution in [2.75, 3.05) is 0 Å². The van der Waals surface area contributed by atoms with Crippen LogP contribution in [0.25, 0.3) is 94.7 Å². The first-order valence-corrected chi connectivity index (χ1v) is 17.9. The predicted molar refractivity (Wildman–Crippen MR) is 213 cm³/mol. The minimum atomic E-state index is -0.124. The fraction of sp³-hybridized carbons (Fsp3) is 0.0638. The van der Waals surface area contributed by atoms with Gasteiger partial charge < -0.3 is 8.98 Å². The molecule has 0 N–H and O–H groups in total. The first-order chi connectivity index (χ1) is 26.0. The molecule has 0 saturated heterocycles. The third-order valence-corrected chi connectivity index (χ3v) is 10.9. The van der Waals surface area contributed by atoms with Gasteiger partial charge in [0.05, 0.1) is 11.0 Å². The zero-order valence-electron chi connectivity index (χ0n) is 29.1. The van der Waals surface area contributed by atoms with Gasteiger partial charge in [0.15, 0.2) is 17.5 Å². The van der Waals surface area contributed by atoms with Crippen LogP contribution >= 0.6 is 0 Å². The van der Waals surface area contributed by atoms with Crippen molar-refractivity contribution in [1.29, 1.82) is 0 Å². The highest BCUT2D eigenvalue weighted by Crippen LogP contribution is 2.51. The molecule has 11 rings (SSSR count). The largest absolute Gasteiger partial charge is 0.456 e. The van der Waals surface area contributed by atoms with E-state index in [2.05, 4.69) is 90.1 Å². The van der Waals surface area contributed by atoms with Gasteiger partial charge in [0.2, 0.25) is 0 Å². The summed E-state index contributed by atoms with van der Waals surface area (Å²) in [6, 6.07) is 48.4. The molecule has 0 fully saturated rings. The monoisotopic (exact) mass is 681 g/mol. The summed E-state index contributed by atoms with van der Waals surface area (Å²) in [5.74, 6) is 1.84. The van der Waals surface area contributed by atoms with E-state index in [1.807, 2.05) is 85.2 Å². The lowest BCUT2D eigenvalue weighted by Gasteiger charge is -2.21. The lowest BCUT2D eigenvalue weighted by Crippen LogP contribution is -2.14. The number of pyridine rings is 1. The van der Waals surface area contributed by atoms with Crippen molar-refractivity contribution in [3.63, 3.8) is 0 Å². The highest BCUT2D eigenvalue weighted by Gasteiger charge is 2.36. The van der Waals surface area contributed by atoms with E-state index < -0.39 is 0 Å². The SMILES string of the molecule is CC1(C)c2ccccc2-c2cc3c4cnccc4n(-c4ccc5oc6cccc(-c7nc(-c8ccccc8)nc(-c8ccccc8)n7)c6c5c4)c3cc21. The van der Waals surface area contributed by atoms with Crippen LogP contribution in [-0.4, -0.2) is 24.5 Å². The van der Waals surface area contributed by atoms with Gasteiger partial charge in [-0.25, -0.2) is 15.0 Å². The van der Waals surface area contributed by atoms with Crippen LogP contribution in [0.2, 0.25) is 0 Å². The van der Waals surface area contributed by atoms with Gasteiger partial charge in [-0.3, -0.25) is 4.98 Å². The van der Waals surface area contributed by atoms with Crippen LogP contribution in [0.3, 0.4) is 0 Å². The molecule has 53 heavy (non-hydrogen) atoms. The standard InChI is InChI=1S/C47H31N5O/c1-47(2)37-18-10-9-16-31(37)33-25-34-36-27-48-23-22-39(36)52(40(34)26-38(33)47)30-20-21-41-35(24-30)43-32(17-11-19-42(43)53-41)46-50-44(28-12-5-3-6-13-28)49-45(51-46)29-14-7-4-8-15-29/h3-27H,1-2H3. The highest BCUT2D eigenvalue weighted by molar-refractivity contribution is 6.14. The van der Waals surface area contributed by atoms with Crippen molar-refractivity contribution in [2.45, 2.75) is 19.3 Å². The van der Waals surface area contributed by atoms with E-state index in [9.17, 15) is 0 Å². The maximum absolute atomic E-state index is 6.52. The molecule has 0 atom stereocenters. The molecule has 4 aromatic heterocycles. The number of fused-ring (bicyclic) bond motifs is 9. The topological polar surface area (TPSA) is 69.6 Å². The second kappa shape index (κ2) is 11.0. The number of aromatic nitrogens is 5. The quantitative estimate of drug-likeness (QED) is 0.185. The van der Waals surface area contributed by atoms with Crippen molar-refractivity contribution in [3.05, 3.63) is 163 Å². The molecular formula is C47H31N5O. The first kappa shape index (κ1) is 29.8. The fourth-order valence-corrected chi connectivity index (χ4v) is 8.40. The smallest absolute Gasteiger partial charge is 0.164 e. The summed E-state index contributed by atoms with van der Waals surface area (Å²) in [4.78, 5) is 19.7. The Morgan fingerprint density at radius 1 is 0.509 bits per heavy atom. The molecule has 0 saturated carbocycles. The average Bonchev–Trinajstić information content (AvgIpc) is 3.82. The number of hydrogen-bond acceptors (Lipinski definition) is 5. The maximum atomic E-state index is 6.52. The van der Waals surface area contributed by atoms with E-state index >= 15 is 0 Å². The fourth-order valence-electron chi connectivity index (χ4n) is 8.40. The Kier molecular flexibility index (Phi) is 6.20. The van der Waals surface area contributed by atoms with E-state index in [1.165, 1.54) is 27.6 Å². The molecule has 4 heterocycles. The normalized spacial score (nSPS) is 13.2. The zero-order valence-corrected chi connectivity index (χ0v) is 29.1. The van der Waals surface area contributed by atoms with E-state index in [-0.39, 0.29) is 5.41 Å². The lowest BCUT2D eigenvalue weighted by molar-refractivity contribution is 0.661. The van der Waals surface area contributed by atoms with Crippen LogP contribution in [0.15, 0.2) is 156 Å². The van der Waals surface area contributed by atoms with Gasteiger partial charge in [0.1, 0.15) is 11.2 Å². The van der Waals surface area contributed by atoms with Crippen LogP contribution in [0.1, 0.15) is 25.0 Å². The molecule has 10 aromatic rings. The number of benzene rings is 6. The Morgan fingerprint density at radius 2 is 1.21 bits per heavy atom. The number of furan rings is 1. The summed E-state index contributed by atoms with van der Waals surface area (Å²) < 4.78 is 8.90. The molecule has 250 valence electrons. The Balaban J connectivity index is 1.16. The van der Waals surface area contributed by atoms with Gasteiger partial charge in [-0.05, 0) is 64.7 Å². The van der Waals surface area contributed by atoms with Crippen LogP contribution in [0.5, 0.6) is 0 Å². The van der Waals surface area contributed by atoms with Gasteiger partial charge in [-0.1, -0.05) is 111 Å². The number of rotatable bonds is 4. The molecule has 1 aliphatic carbocycles. The van der Waals surface area contributed by atoms with Crippen molar-refractivity contribution in [2.24, 2.45) is 0 Å². The molecular weight excluding hydrogens is 651 g/mol. The van der Waals surface area contributed by atoms with Crippen molar-refractivity contribution in [1.82, 2.24) is 24.5 Å². The molecule has 1 aliphatic rings. The second-order valence-electron chi connectivity index (χ2n) is 14.3. The van der Waals surface area contributed by atoms with E-state index in [1.54, 1.807) is 0 Å². The summed E-state index contributed by atoms with van der Waals surface area (Å²) in [5.41, 5.74) is 12.8. The third-order valence-electron chi connectivity index (χ3n) is 10.9. The van der Waals surface area contributed by atoms with E-state index in [4.69, 9.17) is 19.4 Å². The van der Waals surface area contributed by atoms with Crippen LogP contribution in [0.4, 0.5) is 0 Å². The van der Waals surface area contributed by atoms with Crippen molar-refractivity contribution < 1.29 is 4.42 Å². The van der Waals surface area contributed by atoms with Crippen LogP contribution < -0.4 is 0 Å². The minimum absolute atomic E-state index is 0.124. The summed E-state index contributed by atoms with van der Waals surface area (Å²) in [5, 5.41) is 4.27. The van der Waals surface area contributed by atoms with Gasteiger partial charge in [-0.2, -0.15) is 0 Å². The molecule has 0 bridgehead atoms. The molecule has 6 heteroatoms. The van der Waals surface area contributed by atoms with E-state index in [0.717, 1.165) is 60.7 Å². The summed E-state index contributed by atoms with van der Waals surface area (Å²) in [7, 11) is 0. The molecule has 0 spiro atoms. The number of hydrogen-bond donors (Lipinski definition) is 0. The Bertz CT molecular complexity index is 3030. The summed E-state index contributed by atoms with van der Waals surface area (Å²) in [6.07, 6.45) is 3.87. The van der Waals surface area contributed by atoms with E-state index in [0.29, 0.717) is 17.5 Å². The second-order valence-corrected chi connectivity index (χ2v) is 14.3. The number of nitrogens with zero attached hydrogens (tertiary/aromatic N) is 5. The minimum Gasteiger partial charge on any atom is -0.456 e. The zero-order chi connectivity index (χ0) is 35.3. The van der Waals surface area contributed by atoms with Gasteiger partial charge in [0, 0.05) is 61.7 Å². The predicted octanol–water partition coefficient (Wildman–Crippen LogP) is 11.6.